The maximum Gasteiger partial charge on any atom is 0.328 e. The first-order valence-electron chi connectivity index (χ1n) is 6.92. The van der Waals surface area contributed by atoms with Crippen molar-refractivity contribution < 1.29 is 9.90 Å². The summed E-state index contributed by atoms with van der Waals surface area (Å²) in [6.07, 6.45) is 3.00. The molecule has 0 spiro atoms. The van der Waals surface area contributed by atoms with Crippen molar-refractivity contribution in [3.63, 3.8) is 0 Å². The maximum atomic E-state index is 11.9. The van der Waals surface area contributed by atoms with Crippen molar-refractivity contribution >= 4 is 17.7 Å². The lowest BCUT2D eigenvalue weighted by molar-refractivity contribution is -0.151. The van der Waals surface area contributed by atoms with Gasteiger partial charge in [-0.05, 0) is 43.8 Å². The van der Waals surface area contributed by atoms with Crippen LogP contribution in [0.4, 0.5) is 0 Å². The van der Waals surface area contributed by atoms with Crippen LogP contribution in [0.5, 0.6) is 0 Å². The number of hydrogen-bond donors (Lipinski definition) is 2. The summed E-state index contributed by atoms with van der Waals surface area (Å²) in [4.78, 5) is 15.1. The summed E-state index contributed by atoms with van der Waals surface area (Å²) in [5.41, 5.74) is -0.104. The van der Waals surface area contributed by atoms with Gasteiger partial charge in [0.15, 0.2) is 0 Å². The molecule has 4 nitrogen and oxygen atoms in total. The molecule has 1 atom stereocenters. The van der Waals surface area contributed by atoms with Gasteiger partial charge in [0, 0.05) is 24.5 Å². The summed E-state index contributed by atoms with van der Waals surface area (Å²) in [7, 11) is 0. The summed E-state index contributed by atoms with van der Waals surface area (Å²) < 4.78 is 0. The molecule has 2 rings (SSSR count). The van der Waals surface area contributed by atoms with E-state index in [1.165, 1.54) is 0 Å². The van der Waals surface area contributed by atoms with Crippen LogP contribution in [-0.4, -0.2) is 48.4 Å². The molecule has 110 valence electrons. The fourth-order valence-electron chi connectivity index (χ4n) is 2.65. The van der Waals surface area contributed by atoms with Crippen molar-refractivity contribution in [2.45, 2.75) is 23.8 Å². The SMILES string of the molecule is CSc1ccc(C(C)(C(=O)O)N2CCCNCC2)cc1. The molecule has 0 amide bonds. The predicted molar refractivity (Wildman–Crippen MR) is 82.3 cm³/mol. The fourth-order valence-corrected chi connectivity index (χ4v) is 3.06. The monoisotopic (exact) mass is 294 g/mol. The third-order valence-corrected chi connectivity index (χ3v) is 4.78. The first kappa shape index (κ1) is 15.4. The molecule has 1 aliphatic rings. The Morgan fingerprint density at radius 1 is 1.30 bits per heavy atom. The van der Waals surface area contributed by atoms with E-state index in [1.807, 2.05) is 37.4 Å². The van der Waals surface area contributed by atoms with Crippen LogP contribution in [0.1, 0.15) is 18.9 Å². The van der Waals surface area contributed by atoms with Gasteiger partial charge >= 0.3 is 5.97 Å². The number of thioether (sulfide) groups is 1. The van der Waals surface area contributed by atoms with Gasteiger partial charge in [0.25, 0.3) is 0 Å². The quantitative estimate of drug-likeness (QED) is 0.832. The Balaban J connectivity index is 2.33. The van der Waals surface area contributed by atoms with Gasteiger partial charge in [-0.3, -0.25) is 4.90 Å². The van der Waals surface area contributed by atoms with Crippen LogP contribution in [0.25, 0.3) is 0 Å². The van der Waals surface area contributed by atoms with E-state index in [0.717, 1.165) is 43.1 Å². The van der Waals surface area contributed by atoms with Gasteiger partial charge in [0.1, 0.15) is 5.54 Å². The highest BCUT2D eigenvalue weighted by Crippen LogP contribution is 2.30. The van der Waals surface area contributed by atoms with E-state index in [4.69, 9.17) is 0 Å². The molecule has 0 bridgehead atoms. The Hall–Kier alpha value is -1.04. The van der Waals surface area contributed by atoms with Crippen LogP contribution < -0.4 is 5.32 Å². The number of nitrogens with zero attached hydrogens (tertiary/aromatic N) is 1. The van der Waals surface area contributed by atoms with E-state index in [2.05, 4.69) is 10.2 Å². The van der Waals surface area contributed by atoms with Crippen molar-refractivity contribution in [3.8, 4) is 0 Å². The van der Waals surface area contributed by atoms with Crippen LogP contribution in [0, 0.1) is 0 Å². The minimum atomic E-state index is -0.955. The lowest BCUT2D eigenvalue weighted by Gasteiger charge is -2.37. The van der Waals surface area contributed by atoms with Crippen molar-refractivity contribution in [1.29, 1.82) is 0 Å². The average molecular weight is 294 g/mol. The predicted octanol–water partition coefficient (Wildman–Crippen LogP) is 2.00. The lowest BCUT2D eigenvalue weighted by Crippen LogP contribution is -2.51. The molecular formula is C15H22N2O2S. The van der Waals surface area contributed by atoms with E-state index < -0.39 is 11.5 Å². The fraction of sp³-hybridized carbons (Fsp3) is 0.533. The van der Waals surface area contributed by atoms with Gasteiger partial charge in [-0.2, -0.15) is 0 Å². The first-order valence-corrected chi connectivity index (χ1v) is 8.15. The number of carboxylic acids is 1. The highest BCUT2D eigenvalue weighted by atomic mass is 32.2. The second kappa shape index (κ2) is 6.61. The Morgan fingerprint density at radius 2 is 2.00 bits per heavy atom. The van der Waals surface area contributed by atoms with Crippen LogP contribution >= 0.6 is 11.8 Å². The zero-order chi connectivity index (χ0) is 14.6. The molecule has 1 aliphatic heterocycles. The third kappa shape index (κ3) is 3.00. The van der Waals surface area contributed by atoms with E-state index in [0.29, 0.717) is 0 Å². The Bertz CT molecular complexity index is 455. The molecule has 1 heterocycles. The standard InChI is InChI=1S/C15H22N2O2S/c1-15(14(18)19,17-10-3-8-16-9-11-17)12-4-6-13(20-2)7-5-12/h4-7,16H,3,8-11H2,1-2H3,(H,18,19). The van der Waals surface area contributed by atoms with Gasteiger partial charge in [0.2, 0.25) is 0 Å². The van der Waals surface area contributed by atoms with Crippen LogP contribution in [0.15, 0.2) is 29.2 Å². The van der Waals surface area contributed by atoms with Crippen molar-refractivity contribution in [2.24, 2.45) is 0 Å². The molecule has 1 fully saturated rings. The number of benzene rings is 1. The normalized spacial score (nSPS) is 20.1. The summed E-state index contributed by atoms with van der Waals surface area (Å²) in [5, 5.41) is 13.1. The van der Waals surface area contributed by atoms with Gasteiger partial charge in [-0.25, -0.2) is 4.79 Å². The number of hydrogen-bond acceptors (Lipinski definition) is 4. The molecule has 0 saturated carbocycles. The molecular weight excluding hydrogens is 272 g/mol. The van der Waals surface area contributed by atoms with Crippen LogP contribution in [0.2, 0.25) is 0 Å². The second-order valence-corrected chi connectivity index (χ2v) is 6.08. The van der Waals surface area contributed by atoms with Gasteiger partial charge in [-0.15, -0.1) is 11.8 Å². The number of nitrogens with one attached hydrogen (secondary N) is 1. The molecule has 1 aromatic rings. The highest BCUT2D eigenvalue weighted by molar-refractivity contribution is 7.98. The molecule has 5 heteroatoms. The zero-order valence-electron chi connectivity index (χ0n) is 12.1. The largest absolute Gasteiger partial charge is 0.480 e. The summed E-state index contributed by atoms with van der Waals surface area (Å²) in [6, 6.07) is 7.88. The molecule has 0 aliphatic carbocycles. The highest BCUT2D eigenvalue weighted by Gasteiger charge is 2.41. The molecule has 0 aromatic heterocycles. The Morgan fingerprint density at radius 3 is 2.60 bits per heavy atom. The van der Waals surface area contributed by atoms with Crippen LogP contribution in [-0.2, 0) is 10.3 Å². The van der Waals surface area contributed by atoms with Gasteiger partial charge in [-0.1, -0.05) is 12.1 Å². The number of rotatable bonds is 4. The second-order valence-electron chi connectivity index (χ2n) is 5.20. The molecule has 2 N–H and O–H groups in total. The van der Waals surface area contributed by atoms with E-state index in [9.17, 15) is 9.90 Å². The van der Waals surface area contributed by atoms with Gasteiger partial charge < -0.3 is 10.4 Å². The van der Waals surface area contributed by atoms with E-state index in [-0.39, 0.29) is 0 Å². The molecule has 1 aromatic carbocycles. The maximum absolute atomic E-state index is 11.9. The molecule has 20 heavy (non-hydrogen) atoms. The number of aliphatic carboxylic acids is 1. The lowest BCUT2D eigenvalue weighted by atomic mass is 9.89. The van der Waals surface area contributed by atoms with Crippen molar-refractivity contribution in [3.05, 3.63) is 29.8 Å². The number of carboxylic acid groups (broad SMARTS) is 1. The summed E-state index contributed by atoms with van der Waals surface area (Å²) >= 11 is 1.66. The van der Waals surface area contributed by atoms with E-state index in [1.54, 1.807) is 11.8 Å². The molecule has 1 unspecified atom stereocenters. The first-order chi connectivity index (χ1) is 9.59. The number of carbonyl (C=O) groups is 1. The smallest absolute Gasteiger partial charge is 0.328 e. The third-order valence-electron chi connectivity index (χ3n) is 4.04. The zero-order valence-corrected chi connectivity index (χ0v) is 12.9. The summed E-state index contributed by atoms with van der Waals surface area (Å²) in [6.45, 7) is 5.17. The molecule has 0 radical (unpaired) electrons. The average Bonchev–Trinajstić information content (AvgIpc) is 2.75. The minimum Gasteiger partial charge on any atom is -0.480 e. The van der Waals surface area contributed by atoms with E-state index >= 15 is 0 Å². The van der Waals surface area contributed by atoms with Crippen molar-refractivity contribution in [1.82, 2.24) is 10.2 Å². The Labute approximate surface area is 124 Å². The topological polar surface area (TPSA) is 52.6 Å². The molecule has 1 saturated heterocycles. The van der Waals surface area contributed by atoms with Gasteiger partial charge in [0.05, 0.1) is 0 Å². The summed E-state index contributed by atoms with van der Waals surface area (Å²) in [5.74, 6) is -0.781. The minimum absolute atomic E-state index is 0.757. The van der Waals surface area contributed by atoms with Crippen molar-refractivity contribution in [2.75, 3.05) is 32.4 Å². The van der Waals surface area contributed by atoms with Crippen LogP contribution in [0.3, 0.4) is 0 Å². The Kier molecular flexibility index (Phi) is 5.07.